The van der Waals surface area contributed by atoms with Gasteiger partial charge in [0.25, 0.3) is 10.2 Å². The summed E-state index contributed by atoms with van der Waals surface area (Å²) < 4.78 is 41.7. The number of hydrogen-bond donors (Lipinski definition) is 3. The molecule has 0 fully saturated rings. The summed E-state index contributed by atoms with van der Waals surface area (Å²) in [7, 11) is -3.64. The Balaban J connectivity index is 2.74. The lowest BCUT2D eigenvalue weighted by atomic mass is 10.1. The Bertz CT molecular complexity index is 633. The molecule has 0 atom stereocenters. The quantitative estimate of drug-likeness (QED) is 0.677. The van der Waals surface area contributed by atoms with Gasteiger partial charge < -0.3 is 5.73 Å². The van der Waals surface area contributed by atoms with Gasteiger partial charge in [0.2, 0.25) is 0 Å². The van der Waals surface area contributed by atoms with Crippen LogP contribution in [0.2, 0.25) is 0 Å². The van der Waals surface area contributed by atoms with Gasteiger partial charge >= 0.3 is 0 Å². The topological polar surface area (TPSA) is 84.2 Å². The second-order valence-electron chi connectivity index (χ2n) is 4.88. The van der Waals surface area contributed by atoms with Gasteiger partial charge in [0.15, 0.2) is 0 Å². The van der Waals surface area contributed by atoms with E-state index in [0.29, 0.717) is 12.1 Å². The molecule has 21 heavy (non-hydrogen) atoms. The zero-order valence-corrected chi connectivity index (χ0v) is 12.9. The average Bonchev–Trinajstić information content (AvgIpc) is 2.43. The monoisotopic (exact) mass is 313 g/mol. The van der Waals surface area contributed by atoms with Crippen molar-refractivity contribution in [3.63, 3.8) is 0 Å². The Morgan fingerprint density at radius 3 is 2.67 bits per heavy atom. The lowest BCUT2D eigenvalue weighted by Crippen LogP contribution is -2.38. The van der Waals surface area contributed by atoms with Crippen LogP contribution in [0.1, 0.15) is 25.0 Å². The molecule has 0 bridgehead atoms. The number of rotatable bonds is 6. The Kier molecular flexibility index (Phi) is 6.78. The van der Waals surface area contributed by atoms with Crippen molar-refractivity contribution in [2.45, 2.75) is 20.4 Å². The number of halogens is 1. The summed E-state index contributed by atoms with van der Waals surface area (Å²) in [6, 6.07) is 4.28. The van der Waals surface area contributed by atoms with Gasteiger partial charge in [0, 0.05) is 24.2 Å². The maximum absolute atomic E-state index is 13.7. The summed E-state index contributed by atoms with van der Waals surface area (Å²) in [5.74, 6) is 5.14. The molecule has 0 amide bonds. The third kappa shape index (κ3) is 6.69. The van der Waals surface area contributed by atoms with Crippen molar-refractivity contribution in [1.29, 1.82) is 0 Å². The van der Waals surface area contributed by atoms with Crippen LogP contribution in [-0.4, -0.2) is 21.5 Å². The fourth-order valence-electron chi connectivity index (χ4n) is 1.44. The highest BCUT2D eigenvalue weighted by Crippen LogP contribution is 2.10. The molecule has 0 heterocycles. The first-order valence-corrected chi connectivity index (χ1v) is 8.04. The first kappa shape index (κ1) is 17.6. The Morgan fingerprint density at radius 1 is 1.33 bits per heavy atom. The highest BCUT2D eigenvalue weighted by atomic mass is 32.2. The Hall–Kier alpha value is -1.46. The smallest absolute Gasteiger partial charge is 0.277 e. The van der Waals surface area contributed by atoms with E-state index in [1.54, 1.807) is 0 Å². The Labute approximate surface area is 125 Å². The van der Waals surface area contributed by atoms with Crippen LogP contribution < -0.4 is 15.2 Å². The highest BCUT2D eigenvalue weighted by Gasteiger charge is 2.11. The van der Waals surface area contributed by atoms with Crippen molar-refractivity contribution in [2.24, 2.45) is 11.7 Å². The van der Waals surface area contributed by atoms with E-state index in [1.807, 2.05) is 13.8 Å². The lowest BCUT2D eigenvalue weighted by molar-refractivity contribution is 0.544. The predicted molar refractivity (Wildman–Crippen MR) is 80.9 cm³/mol. The van der Waals surface area contributed by atoms with E-state index < -0.39 is 16.0 Å². The summed E-state index contributed by atoms with van der Waals surface area (Å²) >= 11 is 0. The number of hydrogen-bond acceptors (Lipinski definition) is 3. The normalized spacial score (nSPS) is 11.3. The van der Waals surface area contributed by atoms with Crippen molar-refractivity contribution in [2.75, 3.05) is 13.1 Å². The maximum atomic E-state index is 13.7. The fraction of sp³-hybridized carbons (Fsp3) is 0.429. The molecule has 0 saturated heterocycles. The molecule has 1 aromatic rings. The average molecular weight is 313 g/mol. The van der Waals surface area contributed by atoms with Crippen molar-refractivity contribution in [3.05, 3.63) is 35.1 Å². The van der Waals surface area contributed by atoms with Crippen LogP contribution in [-0.2, 0) is 16.8 Å². The first-order chi connectivity index (χ1) is 9.84. The molecule has 0 aromatic heterocycles. The standard InChI is InChI=1S/C14H20FN3O2S/c1-11(2)9-17-21(19,20)18-10-13-8-12(4-3-7-16)5-6-14(13)15/h5-6,8,11,17-18H,7,9-10,16H2,1-2H3. The van der Waals surface area contributed by atoms with Gasteiger partial charge in [-0.3, -0.25) is 0 Å². The van der Waals surface area contributed by atoms with Gasteiger partial charge in [-0.1, -0.05) is 25.7 Å². The lowest BCUT2D eigenvalue weighted by Gasteiger charge is -2.10. The molecule has 1 rings (SSSR count). The van der Waals surface area contributed by atoms with Gasteiger partial charge in [-0.05, 0) is 24.1 Å². The summed E-state index contributed by atoms with van der Waals surface area (Å²) in [6.07, 6.45) is 0. The second kappa shape index (κ2) is 8.10. The molecular formula is C14H20FN3O2S. The van der Waals surface area contributed by atoms with Gasteiger partial charge in [-0.2, -0.15) is 13.1 Å². The minimum Gasteiger partial charge on any atom is -0.320 e. The van der Waals surface area contributed by atoms with Crippen molar-refractivity contribution in [1.82, 2.24) is 9.44 Å². The number of benzene rings is 1. The van der Waals surface area contributed by atoms with E-state index in [0.717, 1.165) is 0 Å². The summed E-state index contributed by atoms with van der Waals surface area (Å²) in [4.78, 5) is 0. The van der Waals surface area contributed by atoms with Crippen LogP contribution in [0.3, 0.4) is 0 Å². The van der Waals surface area contributed by atoms with E-state index in [9.17, 15) is 12.8 Å². The van der Waals surface area contributed by atoms with Crippen LogP contribution in [0.4, 0.5) is 4.39 Å². The third-order valence-electron chi connectivity index (χ3n) is 2.51. The van der Waals surface area contributed by atoms with Crippen molar-refractivity contribution < 1.29 is 12.8 Å². The molecule has 0 aliphatic heterocycles. The molecule has 0 unspecified atom stereocenters. The molecule has 1 aromatic carbocycles. The Morgan fingerprint density at radius 2 is 2.05 bits per heavy atom. The molecule has 5 nitrogen and oxygen atoms in total. The molecule has 0 radical (unpaired) electrons. The van der Waals surface area contributed by atoms with Gasteiger partial charge in [-0.15, -0.1) is 0 Å². The SMILES string of the molecule is CC(C)CNS(=O)(=O)NCc1cc(C#CCN)ccc1F. The predicted octanol–water partition coefficient (Wildman–Crippen LogP) is 0.716. The summed E-state index contributed by atoms with van der Waals surface area (Å²) in [5, 5.41) is 0. The van der Waals surface area contributed by atoms with E-state index in [1.165, 1.54) is 18.2 Å². The highest BCUT2D eigenvalue weighted by molar-refractivity contribution is 7.87. The molecule has 0 aliphatic rings. The third-order valence-corrected chi connectivity index (χ3v) is 3.59. The zero-order chi connectivity index (χ0) is 15.9. The fourth-order valence-corrected chi connectivity index (χ4v) is 2.44. The van der Waals surface area contributed by atoms with Crippen LogP contribution in [0.25, 0.3) is 0 Å². The van der Waals surface area contributed by atoms with Gasteiger partial charge in [0.1, 0.15) is 5.82 Å². The molecule has 7 heteroatoms. The van der Waals surface area contributed by atoms with Gasteiger partial charge in [-0.25, -0.2) is 9.11 Å². The van der Waals surface area contributed by atoms with Crippen LogP contribution in [0, 0.1) is 23.6 Å². The first-order valence-electron chi connectivity index (χ1n) is 6.55. The van der Waals surface area contributed by atoms with Gasteiger partial charge in [0.05, 0.1) is 6.54 Å². The maximum Gasteiger partial charge on any atom is 0.277 e. The van der Waals surface area contributed by atoms with E-state index >= 15 is 0 Å². The van der Waals surface area contributed by atoms with Crippen LogP contribution >= 0.6 is 0 Å². The molecule has 0 spiro atoms. The largest absolute Gasteiger partial charge is 0.320 e. The van der Waals surface area contributed by atoms with E-state index in [2.05, 4.69) is 21.3 Å². The van der Waals surface area contributed by atoms with Crippen molar-refractivity contribution >= 4 is 10.2 Å². The molecule has 4 N–H and O–H groups in total. The number of nitrogens with one attached hydrogen (secondary N) is 2. The van der Waals surface area contributed by atoms with E-state index in [-0.39, 0.29) is 24.6 Å². The van der Waals surface area contributed by atoms with Crippen LogP contribution in [0.5, 0.6) is 0 Å². The zero-order valence-electron chi connectivity index (χ0n) is 12.1. The molecule has 0 saturated carbocycles. The number of nitrogens with two attached hydrogens (primary N) is 1. The minimum atomic E-state index is -3.64. The second-order valence-corrected chi connectivity index (χ2v) is 6.46. The molecule has 116 valence electrons. The molecular weight excluding hydrogens is 293 g/mol. The van der Waals surface area contributed by atoms with Crippen LogP contribution in [0.15, 0.2) is 18.2 Å². The summed E-state index contributed by atoms with van der Waals surface area (Å²) in [6.45, 7) is 4.17. The minimum absolute atomic E-state index is 0.141. The molecule has 0 aliphatic carbocycles. The van der Waals surface area contributed by atoms with E-state index in [4.69, 9.17) is 5.73 Å². The summed E-state index contributed by atoms with van der Waals surface area (Å²) in [5.41, 5.74) is 6.09. The van der Waals surface area contributed by atoms with Crippen molar-refractivity contribution in [3.8, 4) is 11.8 Å².